The fourth-order valence-corrected chi connectivity index (χ4v) is 2.67. The third kappa shape index (κ3) is 5.95. The molecule has 1 aromatic rings. The maximum atomic E-state index is 12.3. The molecule has 0 N–H and O–H groups in total. The summed E-state index contributed by atoms with van der Waals surface area (Å²) in [6.07, 6.45) is 8.47. The summed E-state index contributed by atoms with van der Waals surface area (Å²) in [5.74, 6) is 0.360. The monoisotopic (exact) mass is 262 g/mol. The van der Waals surface area contributed by atoms with E-state index in [0.29, 0.717) is 12.2 Å². The lowest BCUT2D eigenvalue weighted by Gasteiger charge is -2.31. The Kier molecular flexibility index (Phi) is 5.21. The minimum atomic E-state index is -0.231. The van der Waals surface area contributed by atoms with Gasteiger partial charge in [0, 0.05) is 24.2 Å². The number of nitrogens with zero attached hydrogens (tertiary/aromatic N) is 2. The second-order valence-electron chi connectivity index (χ2n) is 7.14. The molecule has 3 nitrogen and oxygen atoms in total. The minimum Gasteiger partial charge on any atom is -0.299 e. The Morgan fingerprint density at radius 2 is 1.68 bits per heavy atom. The van der Waals surface area contributed by atoms with E-state index in [0.717, 1.165) is 24.8 Å². The number of hydrogen-bond donors (Lipinski definition) is 0. The van der Waals surface area contributed by atoms with Gasteiger partial charge in [-0.3, -0.25) is 4.79 Å². The lowest BCUT2D eigenvalue weighted by molar-refractivity contribution is -0.128. The smallest absolute Gasteiger partial charge is 0.138 e. The zero-order chi connectivity index (χ0) is 14.5. The maximum Gasteiger partial charge on any atom is 0.138 e. The van der Waals surface area contributed by atoms with E-state index in [1.807, 2.05) is 12.4 Å². The van der Waals surface area contributed by atoms with Gasteiger partial charge >= 0.3 is 0 Å². The molecule has 0 aliphatic carbocycles. The van der Waals surface area contributed by atoms with E-state index in [9.17, 15) is 4.79 Å². The number of carbonyl (C=O) groups excluding carboxylic acids is 1. The van der Waals surface area contributed by atoms with Crippen LogP contribution in [0.15, 0.2) is 18.7 Å². The van der Waals surface area contributed by atoms with Crippen molar-refractivity contribution in [1.82, 2.24) is 9.97 Å². The lowest BCUT2D eigenvalue weighted by Crippen LogP contribution is -2.29. The van der Waals surface area contributed by atoms with E-state index in [-0.39, 0.29) is 10.8 Å². The lowest BCUT2D eigenvalue weighted by atomic mass is 9.73. The zero-order valence-corrected chi connectivity index (χ0v) is 12.9. The van der Waals surface area contributed by atoms with Crippen LogP contribution in [0.25, 0.3) is 0 Å². The summed E-state index contributed by atoms with van der Waals surface area (Å²) in [7, 11) is 0. The van der Waals surface area contributed by atoms with Crippen molar-refractivity contribution in [3.63, 3.8) is 0 Å². The van der Waals surface area contributed by atoms with Crippen molar-refractivity contribution >= 4 is 5.78 Å². The molecular weight excluding hydrogens is 236 g/mol. The predicted molar refractivity (Wildman–Crippen MR) is 77.8 cm³/mol. The molecule has 0 amide bonds. The van der Waals surface area contributed by atoms with Crippen LogP contribution in [0, 0.1) is 10.8 Å². The van der Waals surface area contributed by atoms with Crippen molar-refractivity contribution in [2.45, 2.75) is 60.3 Å². The van der Waals surface area contributed by atoms with Crippen LogP contribution in [-0.2, 0) is 11.2 Å². The summed E-state index contributed by atoms with van der Waals surface area (Å²) in [5.41, 5.74) is 1.06. The Hall–Kier alpha value is -1.25. The van der Waals surface area contributed by atoms with E-state index in [1.54, 1.807) is 0 Å². The first-order chi connectivity index (χ1) is 8.71. The van der Waals surface area contributed by atoms with Gasteiger partial charge in [-0.1, -0.05) is 34.6 Å². The first-order valence-electron chi connectivity index (χ1n) is 6.98. The van der Waals surface area contributed by atoms with Gasteiger partial charge in [-0.15, -0.1) is 0 Å². The molecule has 0 saturated carbocycles. The van der Waals surface area contributed by atoms with Crippen LogP contribution in [0.5, 0.6) is 0 Å². The molecule has 0 unspecified atom stereocenters. The minimum absolute atomic E-state index is 0.187. The second-order valence-corrected chi connectivity index (χ2v) is 7.14. The van der Waals surface area contributed by atoms with Crippen LogP contribution < -0.4 is 0 Å². The first-order valence-corrected chi connectivity index (χ1v) is 6.98. The van der Waals surface area contributed by atoms with E-state index in [4.69, 9.17) is 0 Å². The van der Waals surface area contributed by atoms with Gasteiger partial charge in [0.1, 0.15) is 12.1 Å². The molecule has 0 aliphatic rings. The third-order valence-corrected chi connectivity index (χ3v) is 3.21. The number of hydrogen-bond acceptors (Lipinski definition) is 3. The standard InChI is InChI=1S/C16H26N2O/c1-15(2,3)11-16(4,5)14(19)8-6-7-13-9-17-12-18-10-13/h9-10,12H,6-8,11H2,1-5H3. The van der Waals surface area contributed by atoms with Gasteiger partial charge in [0.15, 0.2) is 0 Å². The van der Waals surface area contributed by atoms with E-state index >= 15 is 0 Å². The molecule has 0 aliphatic heterocycles. The normalized spacial score (nSPS) is 12.5. The SMILES string of the molecule is CC(C)(C)CC(C)(C)C(=O)CCCc1cncnc1. The molecule has 0 radical (unpaired) electrons. The van der Waals surface area contributed by atoms with Gasteiger partial charge in [-0.2, -0.15) is 0 Å². The van der Waals surface area contributed by atoms with E-state index in [2.05, 4.69) is 44.6 Å². The van der Waals surface area contributed by atoms with Crippen molar-refractivity contribution < 1.29 is 4.79 Å². The highest BCUT2D eigenvalue weighted by Gasteiger charge is 2.31. The third-order valence-electron chi connectivity index (χ3n) is 3.21. The maximum absolute atomic E-state index is 12.3. The summed E-state index contributed by atoms with van der Waals surface area (Å²) in [6, 6.07) is 0. The van der Waals surface area contributed by atoms with E-state index in [1.165, 1.54) is 6.33 Å². The second kappa shape index (κ2) is 6.27. The number of aromatic nitrogens is 2. The Balaban J connectivity index is 2.42. The summed E-state index contributed by atoms with van der Waals surface area (Å²) in [5, 5.41) is 0. The average molecular weight is 262 g/mol. The van der Waals surface area contributed by atoms with Crippen LogP contribution in [0.1, 0.15) is 59.4 Å². The number of carbonyl (C=O) groups is 1. The van der Waals surface area contributed by atoms with Crippen molar-refractivity contribution in [3.05, 3.63) is 24.3 Å². The largest absolute Gasteiger partial charge is 0.299 e. The van der Waals surface area contributed by atoms with Gasteiger partial charge in [-0.05, 0) is 30.2 Å². The fraction of sp³-hybridized carbons (Fsp3) is 0.688. The predicted octanol–water partition coefficient (Wildman–Crippen LogP) is 3.83. The van der Waals surface area contributed by atoms with Gasteiger partial charge in [-0.25, -0.2) is 9.97 Å². The Bertz CT molecular complexity index is 405. The quantitative estimate of drug-likeness (QED) is 0.782. The molecule has 0 aromatic carbocycles. The molecule has 0 atom stereocenters. The molecule has 0 spiro atoms. The first kappa shape index (κ1) is 15.8. The number of Topliss-reactive ketones (excluding diaryl/α,β-unsaturated/α-hetero) is 1. The number of ketones is 1. The number of rotatable bonds is 6. The highest BCUT2D eigenvalue weighted by Crippen LogP contribution is 2.34. The molecule has 1 aromatic heterocycles. The van der Waals surface area contributed by atoms with Crippen LogP contribution in [0.4, 0.5) is 0 Å². The topological polar surface area (TPSA) is 42.9 Å². The van der Waals surface area contributed by atoms with Gasteiger partial charge in [0.25, 0.3) is 0 Å². The molecule has 3 heteroatoms. The van der Waals surface area contributed by atoms with Crippen molar-refractivity contribution in [3.8, 4) is 0 Å². The van der Waals surface area contributed by atoms with Gasteiger partial charge < -0.3 is 0 Å². The summed E-state index contributed by atoms with van der Waals surface area (Å²) in [4.78, 5) is 20.3. The molecule has 19 heavy (non-hydrogen) atoms. The molecule has 106 valence electrons. The van der Waals surface area contributed by atoms with Crippen molar-refractivity contribution in [1.29, 1.82) is 0 Å². The molecule has 0 fully saturated rings. The van der Waals surface area contributed by atoms with E-state index < -0.39 is 0 Å². The van der Waals surface area contributed by atoms with Crippen molar-refractivity contribution in [2.24, 2.45) is 10.8 Å². The summed E-state index contributed by atoms with van der Waals surface area (Å²) >= 11 is 0. The Morgan fingerprint density at radius 1 is 1.11 bits per heavy atom. The summed E-state index contributed by atoms with van der Waals surface area (Å²) < 4.78 is 0. The fourth-order valence-electron chi connectivity index (χ4n) is 2.67. The van der Waals surface area contributed by atoms with Crippen LogP contribution in [0.3, 0.4) is 0 Å². The molecule has 1 heterocycles. The van der Waals surface area contributed by atoms with Gasteiger partial charge in [0.2, 0.25) is 0 Å². The molecule has 0 saturated heterocycles. The Labute approximate surface area is 116 Å². The van der Waals surface area contributed by atoms with Crippen LogP contribution >= 0.6 is 0 Å². The molecule has 1 rings (SSSR count). The zero-order valence-electron chi connectivity index (χ0n) is 12.9. The highest BCUT2D eigenvalue weighted by atomic mass is 16.1. The molecule has 0 bridgehead atoms. The Morgan fingerprint density at radius 3 is 2.21 bits per heavy atom. The number of aryl methyl sites for hydroxylation is 1. The van der Waals surface area contributed by atoms with Crippen LogP contribution in [0.2, 0.25) is 0 Å². The summed E-state index contributed by atoms with van der Waals surface area (Å²) in [6.45, 7) is 10.7. The van der Waals surface area contributed by atoms with Crippen molar-refractivity contribution in [2.75, 3.05) is 0 Å². The molecular formula is C16H26N2O. The highest BCUT2D eigenvalue weighted by molar-refractivity contribution is 5.84. The average Bonchev–Trinajstić information content (AvgIpc) is 2.27. The van der Waals surface area contributed by atoms with Crippen LogP contribution in [-0.4, -0.2) is 15.8 Å². The van der Waals surface area contributed by atoms with Gasteiger partial charge in [0.05, 0.1) is 0 Å².